The van der Waals surface area contributed by atoms with Crippen molar-refractivity contribution in [1.29, 1.82) is 0 Å². The molecule has 0 radical (unpaired) electrons. The summed E-state index contributed by atoms with van der Waals surface area (Å²) in [5.41, 5.74) is 1.25. The third-order valence-electron chi connectivity index (χ3n) is 3.51. The van der Waals surface area contributed by atoms with Gasteiger partial charge < -0.3 is 4.90 Å². The standard InChI is InChI=1S/C13H20ClN3/c1-10-7-17(9-12(10)16(2)3)8-11-4-5-15-13(14)6-11/h4-6,10,12H,7-9H2,1-3H3. The molecular weight excluding hydrogens is 234 g/mol. The van der Waals surface area contributed by atoms with Crippen molar-refractivity contribution in [3.63, 3.8) is 0 Å². The number of halogens is 1. The number of rotatable bonds is 3. The Kier molecular flexibility index (Phi) is 4.02. The molecular formula is C13H20ClN3. The summed E-state index contributed by atoms with van der Waals surface area (Å²) in [4.78, 5) is 8.82. The van der Waals surface area contributed by atoms with Crippen molar-refractivity contribution in [2.24, 2.45) is 5.92 Å². The van der Waals surface area contributed by atoms with Crippen LogP contribution in [0.1, 0.15) is 12.5 Å². The van der Waals surface area contributed by atoms with Gasteiger partial charge in [0.1, 0.15) is 5.15 Å². The van der Waals surface area contributed by atoms with E-state index in [1.807, 2.05) is 12.1 Å². The highest BCUT2D eigenvalue weighted by molar-refractivity contribution is 6.29. The monoisotopic (exact) mass is 253 g/mol. The maximum atomic E-state index is 5.90. The minimum absolute atomic E-state index is 0.582. The highest BCUT2D eigenvalue weighted by atomic mass is 35.5. The predicted molar refractivity (Wildman–Crippen MR) is 71.2 cm³/mol. The van der Waals surface area contributed by atoms with Crippen LogP contribution < -0.4 is 0 Å². The number of pyridine rings is 1. The Morgan fingerprint density at radius 1 is 1.47 bits per heavy atom. The molecule has 1 fully saturated rings. The molecule has 2 unspecified atom stereocenters. The Labute approximate surface area is 108 Å². The summed E-state index contributed by atoms with van der Waals surface area (Å²) in [5, 5.41) is 0.582. The Hall–Kier alpha value is -0.640. The number of likely N-dealkylation sites (N-methyl/N-ethyl adjacent to an activating group) is 1. The fourth-order valence-corrected chi connectivity index (χ4v) is 2.84. The van der Waals surface area contributed by atoms with E-state index in [2.05, 4.69) is 35.8 Å². The molecule has 4 heteroatoms. The fraction of sp³-hybridized carbons (Fsp3) is 0.615. The summed E-state index contributed by atoms with van der Waals surface area (Å²) in [6, 6.07) is 4.65. The Morgan fingerprint density at radius 3 is 2.82 bits per heavy atom. The van der Waals surface area contributed by atoms with Crippen molar-refractivity contribution >= 4 is 11.6 Å². The third kappa shape index (κ3) is 3.18. The lowest BCUT2D eigenvalue weighted by atomic mass is 10.1. The van der Waals surface area contributed by atoms with E-state index >= 15 is 0 Å². The van der Waals surface area contributed by atoms with Crippen molar-refractivity contribution in [2.45, 2.75) is 19.5 Å². The smallest absolute Gasteiger partial charge is 0.129 e. The molecule has 3 nitrogen and oxygen atoms in total. The van der Waals surface area contributed by atoms with Gasteiger partial charge in [-0.2, -0.15) is 0 Å². The summed E-state index contributed by atoms with van der Waals surface area (Å²) >= 11 is 5.90. The molecule has 1 aromatic rings. The van der Waals surface area contributed by atoms with Crippen LogP contribution in [0.4, 0.5) is 0 Å². The molecule has 1 saturated heterocycles. The highest BCUT2D eigenvalue weighted by Crippen LogP contribution is 2.22. The van der Waals surface area contributed by atoms with E-state index in [0.717, 1.165) is 25.6 Å². The molecule has 0 spiro atoms. The number of likely N-dealkylation sites (tertiary alicyclic amines) is 1. The van der Waals surface area contributed by atoms with Crippen LogP contribution in [0.15, 0.2) is 18.3 Å². The lowest BCUT2D eigenvalue weighted by Gasteiger charge is -2.22. The fourth-order valence-electron chi connectivity index (χ4n) is 2.65. The van der Waals surface area contributed by atoms with Gasteiger partial charge in [0.25, 0.3) is 0 Å². The molecule has 17 heavy (non-hydrogen) atoms. The number of aromatic nitrogens is 1. The predicted octanol–water partition coefficient (Wildman–Crippen LogP) is 2.12. The molecule has 0 N–H and O–H groups in total. The molecule has 94 valence electrons. The van der Waals surface area contributed by atoms with Gasteiger partial charge in [-0.25, -0.2) is 4.98 Å². The quantitative estimate of drug-likeness (QED) is 0.770. The second-order valence-corrected chi connectivity index (χ2v) is 5.58. The molecule has 0 aliphatic carbocycles. The van der Waals surface area contributed by atoms with E-state index in [0.29, 0.717) is 11.2 Å². The molecule has 0 bridgehead atoms. The number of hydrogen-bond acceptors (Lipinski definition) is 3. The average molecular weight is 254 g/mol. The molecule has 0 aromatic carbocycles. The number of hydrogen-bond donors (Lipinski definition) is 0. The molecule has 1 aliphatic rings. The Balaban J connectivity index is 1.97. The molecule has 2 atom stereocenters. The van der Waals surface area contributed by atoms with E-state index in [4.69, 9.17) is 11.6 Å². The van der Waals surface area contributed by atoms with Gasteiger partial charge in [0.05, 0.1) is 0 Å². The largest absolute Gasteiger partial charge is 0.305 e. The topological polar surface area (TPSA) is 19.4 Å². The summed E-state index contributed by atoms with van der Waals surface area (Å²) in [6.45, 7) is 5.58. The maximum absolute atomic E-state index is 5.90. The van der Waals surface area contributed by atoms with Gasteiger partial charge in [0, 0.05) is 31.9 Å². The van der Waals surface area contributed by atoms with E-state index in [9.17, 15) is 0 Å². The van der Waals surface area contributed by atoms with Crippen LogP contribution in [0.25, 0.3) is 0 Å². The van der Waals surface area contributed by atoms with Crippen molar-refractivity contribution in [1.82, 2.24) is 14.8 Å². The molecule has 1 aliphatic heterocycles. The van der Waals surface area contributed by atoms with Crippen LogP contribution in [0.5, 0.6) is 0 Å². The van der Waals surface area contributed by atoms with Crippen LogP contribution in [-0.2, 0) is 6.54 Å². The molecule has 0 saturated carbocycles. The first-order chi connectivity index (χ1) is 8.06. The maximum Gasteiger partial charge on any atom is 0.129 e. The Bertz CT molecular complexity index is 381. The first-order valence-electron chi connectivity index (χ1n) is 6.05. The van der Waals surface area contributed by atoms with Crippen LogP contribution in [0, 0.1) is 5.92 Å². The van der Waals surface area contributed by atoms with E-state index in [-0.39, 0.29) is 0 Å². The molecule has 1 aromatic heterocycles. The lowest BCUT2D eigenvalue weighted by Crippen LogP contribution is -2.34. The zero-order valence-corrected chi connectivity index (χ0v) is 11.5. The zero-order valence-electron chi connectivity index (χ0n) is 10.7. The van der Waals surface area contributed by atoms with Crippen molar-refractivity contribution in [3.05, 3.63) is 29.0 Å². The second kappa shape index (κ2) is 5.34. The first-order valence-corrected chi connectivity index (χ1v) is 6.43. The third-order valence-corrected chi connectivity index (χ3v) is 3.72. The summed E-state index contributed by atoms with van der Waals surface area (Å²) in [7, 11) is 4.32. The van der Waals surface area contributed by atoms with Gasteiger partial charge in [-0.15, -0.1) is 0 Å². The highest BCUT2D eigenvalue weighted by Gasteiger charge is 2.30. The lowest BCUT2D eigenvalue weighted by molar-refractivity contribution is 0.250. The summed E-state index contributed by atoms with van der Waals surface area (Å²) in [5.74, 6) is 0.724. The Morgan fingerprint density at radius 2 is 2.24 bits per heavy atom. The van der Waals surface area contributed by atoms with Gasteiger partial charge >= 0.3 is 0 Å². The molecule has 0 amide bonds. The summed E-state index contributed by atoms with van der Waals surface area (Å²) in [6.07, 6.45) is 1.78. The van der Waals surface area contributed by atoms with Gasteiger partial charge in [0.2, 0.25) is 0 Å². The van der Waals surface area contributed by atoms with Crippen LogP contribution in [-0.4, -0.2) is 48.0 Å². The van der Waals surface area contributed by atoms with Gasteiger partial charge in [-0.1, -0.05) is 18.5 Å². The SMILES string of the molecule is CC1CN(Cc2ccnc(Cl)c2)CC1N(C)C. The minimum Gasteiger partial charge on any atom is -0.305 e. The average Bonchev–Trinajstić information content (AvgIpc) is 2.59. The second-order valence-electron chi connectivity index (χ2n) is 5.19. The number of nitrogens with zero attached hydrogens (tertiary/aromatic N) is 3. The van der Waals surface area contributed by atoms with E-state index in [1.54, 1.807) is 6.20 Å². The molecule has 2 heterocycles. The minimum atomic E-state index is 0.582. The van der Waals surface area contributed by atoms with Gasteiger partial charge in [0.15, 0.2) is 0 Å². The van der Waals surface area contributed by atoms with E-state index in [1.165, 1.54) is 5.56 Å². The molecule has 2 rings (SSSR count). The van der Waals surface area contributed by atoms with Gasteiger partial charge in [-0.3, -0.25) is 4.90 Å². The van der Waals surface area contributed by atoms with Crippen molar-refractivity contribution in [3.8, 4) is 0 Å². The van der Waals surface area contributed by atoms with Crippen molar-refractivity contribution in [2.75, 3.05) is 27.2 Å². The van der Waals surface area contributed by atoms with Gasteiger partial charge in [-0.05, 0) is 37.7 Å². The van der Waals surface area contributed by atoms with E-state index < -0.39 is 0 Å². The van der Waals surface area contributed by atoms with Crippen molar-refractivity contribution < 1.29 is 0 Å². The summed E-state index contributed by atoms with van der Waals surface area (Å²) < 4.78 is 0. The van der Waals surface area contributed by atoms with Crippen LogP contribution in [0.2, 0.25) is 5.15 Å². The normalized spacial score (nSPS) is 25.7. The van der Waals surface area contributed by atoms with Crippen LogP contribution >= 0.6 is 11.6 Å². The first kappa shape index (κ1) is 12.8. The van der Waals surface area contributed by atoms with Crippen LogP contribution in [0.3, 0.4) is 0 Å². The zero-order chi connectivity index (χ0) is 12.4.